The van der Waals surface area contributed by atoms with E-state index in [2.05, 4.69) is 10.6 Å². The second-order valence-corrected chi connectivity index (χ2v) is 7.51. The molecule has 3 unspecified atom stereocenters. The Hall–Kier alpha value is -2.04. The van der Waals surface area contributed by atoms with Crippen molar-refractivity contribution in [1.29, 1.82) is 0 Å². The van der Waals surface area contributed by atoms with E-state index in [4.69, 9.17) is 4.74 Å². The zero-order valence-corrected chi connectivity index (χ0v) is 15.2. The molecule has 1 fully saturated rings. The van der Waals surface area contributed by atoms with Gasteiger partial charge in [0.15, 0.2) is 0 Å². The maximum absolute atomic E-state index is 12.8. The molecule has 0 bridgehead atoms. The molecular formula is C19H28N2O3. The molecule has 0 radical (unpaired) electrons. The van der Waals surface area contributed by atoms with Crippen molar-refractivity contribution in [2.24, 2.45) is 5.92 Å². The first-order chi connectivity index (χ1) is 11.2. The van der Waals surface area contributed by atoms with Crippen LogP contribution in [0.1, 0.15) is 59.1 Å². The third-order valence-corrected chi connectivity index (χ3v) is 4.37. The Labute approximate surface area is 144 Å². The Bertz CT molecular complexity index is 594. The maximum Gasteiger partial charge on any atom is 0.408 e. The second kappa shape index (κ2) is 6.83. The fourth-order valence-electron chi connectivity index (χ4n) is 2.95. The molecule has 24 heavy (non-hydrogen) atoms. The number of rotatable bonds is 5. The number of amides is 2. The van der Waals surface area contributed by atoms with Crippen LogP contribution in [0.15, 0.2) is 30.3 Å². The van der Waals surface area contributed by atoms with Gasteiger partial charge >= 0.3 is 6.09 Å². The van der Waals surface area contributed by atoms with Crippen molar-refractivity contribution >= 4 is 12.0 Å². The summed E-state index contributed by atoms with van der Waals surface area (Å²) in [5.74, 6) is 0.00422. The van der Waals surface area contributed by atoms with Crippen LogP contribution in [-0.2, 0) is 9.53 Å². The molecule has 0 spiro atoms. The molecule has 1 aliphatic carbocycles. The topological polar surface area (TPSA) is 67.4 Å². The lowest BCUT2D eigenvalue weighted by Gasteiger charge is -2.25. The van der Waals surface area contributed by atoms with Crippen molar-refractivity contribution in [3.63, 3.8) is 0 Å². The van der Waals surface area contributed by atoms with Gasteiger partial charge in [-0.25, -0.2) is 4.79 Å². The Kier molecular flexibility index (Phi) is 5.21. The van der Waals surface area contributed by atoms with Gasteiger partial charge in [0, 0.05) is 0 Å². The van der Waals surface area contributed by atoms with Gasteiger partial charge in [0.25, 0.3) is 0 Å². The number of carbonyl (C=O) groups excluding carboxylic acids is 2. The second-order valence-electron chi connectivity index (χ2n) is 7.51. The molecular weight excluding hydrogens is 304 g/mol. The SMILES string of the molecule is CCC1CC1(NC(=O)OC(C)(C)C)C(=O)NC(C)c1ccccc1. The van der Waals surface area contributed by atoms with Crippen LogP contribution < -0.4 is 10.6 Å². The number of hydrogen-bond acceptors (Lipinski definition) is 3. The Morgan fingerprint density at radius 2 is 1.92 bits per heavy atom. The standard InChI is InChI=1S/C19H28N2O3/c1-6-15-12-19(15,21-17(23)24-18(3,4)5)16(22)20-13(2)14-10-8-7-9-11-14/h7-11,13,15H,6,12H2,1-5H3,(H,20,22)(H,21,23). The molecule has 1 aliphatic rings. The van der Waals surface area contributed by atoms with Crippen LogP contribution in [0.3, 0.4) is 0 Å². The number of carbonyl (C=O) groups is 2. The molecule has 0 saturated heterocycles. The molecule has 2 amide bonds. The van der Waals surface area contributed by atoms with E-state index < -0.39 is 17.2 Å². The molecule has 132 valence electrons. The molecule has 5 nitrogen and oxygen atoms in total. The highest BCUT2D eigenvalue weighted by Gasteiger charge is 2.60. The Balaban J connectivity index is 2.04. The number of hydrogen-bond donors (Lipinski definition) is 2. The van der Waals surface area contributed by atoms with Crippen LogP contribution in [0.25, 0.3) is 0 Å². The highest BCUT2D eigenvalue weighted by Crippen LogP contribution is 2.46. The predicted octanol–water partition coefficient (Wildman–Crippen LogP) is 3.56. The largest absolute Gasteiger partial charge is 0.444 e. The minimum atomic E-state index is -0.847. The summed E-state index contributed by atoms with van der Waals surface area (Å²) in [7, 11) is 0. The van der Waals surface area contributed by atoms with E-state index in [-0.39, 0.29) is 17.9 Å². The minimum absolute atomic E-state index is 0.117. The quantitative estimate of drug-likeness (QED) is 0.866. The first-order valence-corrected chi connectivity index (χ1v) is 8.55. The first-order valence-electron chi connectivity index (χ1n) is 8.55. The summed E-state index contributed by atoms with van der Waals surface area (Å²) >= 11 is 0. The fraction of sp³-hybridized carbons (Fsp3) is 0.579. The van der Waals surface area contributed by atoms with E-state index >= 15 is 0 Å². The third-order valence-electron chi connectivity index (χ3n) is 4.37. The maximum atomic E-state index is 12.8. The van der Waals surface area contributed by atoms with Gasteiger partial charge in [-0.3, -0.25) is 4.79 Å². The van der Waals surface area contributed by atoms with Crippen LogP contribution in [0.2, 0.25) is 0 Å². The highest BCUT2D eigenvalue weighted by atomic mass is 16.6. The number of nitrogens with one attached hydrogen (secondary N) is 2. The molecule has 3 atom stereocenters. The zero-order chi connectivity index (χ0) is 18.0. The summed E-state index contributed by atoms with van der Waals surface area (Å²) in [5.41, 5.74) is -0.400. The van der Waals surface area contributed by atoms with Gasteiger partial charge < -0.3 is 15.4 Å². The van der Waals surface area contributed by atoms with Crippen molar-refractivity contribution < 1.29 is 14.3 Å². The summed E-state index contributed by atoms with van der Waals surface area (Å²) in [6, 6.07) is 9.66. The van der Waals surface area contributed by atoms with Gasteiger partial charge in [0.2, 0.25) is 5.91 Å². The van der Waals surface area contributed by atoms with Gasteiger partial charge in [0.1, 0.15) is 11.1 Å². The monoisotopic (exact) mass is 332 g/mol. The van der Waals surface area contributed by atoms with E-state index in [1.54, 1.807) is 20.8 Å². The summed E-state index contributed by atoms with van der Waals surface area (Å²) in [5, 5.41) is 5.83. The summed E-state index contributed by atoms with van der Waals surface area (Å²) < 4.78 is 5.32. The van der Waals surface area contributed by atoms with Crippen molar-refractivity contribution in [1.82, 2.24) is 10.6 Å². The van der Waals surface area contributed by atoms with Crippen molar-refractivity contribution in [2.75, 3.05) is 0 Å². The van der Waals surface area contributed by atoms with E-state index in [9.17, 15) is 9.59 Å². The van der Waals surface area contributed by atoms with Crippen molar-refractivity contribution in [3.05, 3.63) is 35.9 Å². The smallest absolute Gasteiger partial charge is 0.408 e. The van der Waals surface area contributed by atoms with Gasteiger partial charge in [-0.05, 0) is 45.6 Å². The molecule has 2 N–H and O–H groups in total. The molecule has 1 aromatic rings. The van der Waals surface area contributed by atoms with Crippen LogP contribution in [-0.4, -0.2) is 23.1 Å². The number of ether oxygens (including phenoxy) is 1. The minimum Gasteiger partial charge on any atom is -0.444 e. The van der Waals surface area contributed by atoms with Gasteiger partial charge in [-0.15, -0.1) is 0 Å². The van der Waals surface area contributed by atoms with Crippen LogP contribution >= 0.6 is 0 Å². The molecule has 1 aromatic carbocycles. The lowest BCUT2D eigenvalue weighted by atomic mass is 10.1. The normalized spacial score (nSPS) is 24.0. The lowest BCUT2D eigenvalue weighted by molar-refractivity contribution is -0.125. The molecule has 2 rings (SSSR count). The van der Waals surface area contributed by atoms with E-state index in [1.165, 1.54) is 0 Å². The van der Waals surface area contributed by atoms with E-state index in [1.807, 2.05) is 44.2 Å². The number of benzene rings is 1. The molecule has 0 aromatic heterocycles. The van der Waals surface area contributed by atoms with Crippen LogP contribution in [0, 0.1) is 5.92 Å². The zero-order valence-electron chi connectivity index (χ0n) is 15.2. The summed E-state index contributed by atoms with van der Waals surface area (Å²) in [6.07, 6.45) is 0.944. The van der Waals surface area contributed by atoms with Gasteiger partial charge in [-0.2, -0.15) is 0 Å². The van der Waals surface area contributed by atoms with E-state index in [0.717, 1.165) is 12.0 Å². The molecule has 1 saturated carbocycles. The first kappa shape index (κ1) is 18.3. The molecule has 0 aliphatic heterocycles. The average Bonchev–Trinajstić information content (AvgIpc) is 3.20. The molecule has 0 heterocycles. The van der Waals surface area contributed by atoms with E-state index in [0.29, 0.717) is 6.42 Å². The van der Waals surface area contributed by atoms with Gasteiger partial charge in [-0.1, -0.05) is 43.7 Å². The van der Waals surface area contributed by atoms with Crippen molar-refractivity contribution in [2.45, 2.75) is 64.6 Å². The van der Waals surface area contributed by atoms with Crippen molar-refractivity contribution in [3.8, 4) is 0 Å². The summed E-state index contributed by atoms with van der Waals surface area (Å²) in [4.78, 5) is 24.9. The molecule has 5 heteroatoms. The predicted molar refractivity (Wildman–Crippen MR) is 93.5 cm³/mol. The third kappa shape index (κ3) is 4.28. The lowest BCUT2D eigenvalue weighted by Crippen LogP contribution is -2.52. The number of alkyl carbamates (subject to hydrolysis) is 1. The van der Waals surface area contributed by atoms with Gasteiger partial charge in [0.05, 0.1) is 6.04 Å². The highest BCUT2D eigenvalue weighted by molar-refractivity contribution is 5.93. The fourth-order valence-corrected chi connectivity index (χ4v) is 2.95. The van der Waals surface area contributed by atoms with Crippen LogP contribution in [0.5, 0.6) is 0 Å². The summed E-state index contributed by atoms with van der Waals surface area (Å²) in [6.45, 7) is 9.39. The Morgan fingerprint density at radius 3 is 2.42 bits per heavy atom. The van der Waals surface area contributed by atoms with Crippen LogP contribution in [0.4, 0.5) is 4.79 Å². The Morgan fingerprint density at radius 1 is 1.29 bits per heavy atom. The average molecular weight is 332 g/mol.